The van der Waals surface area contributed by atoms with Crippen LogP contribution >= 0.6 is 0 Å². The van der Waals surface area contributed by atoms with E-state index < -0.39 is 10.0 Å². The highest BCUT2D eigenvalue weighted by Crippen LogP contribution is 2.27. The smallest absolute Gasteiger partial charge is 0.289 e. The van der Waals surface area contributed by atoms with Gasteiger partial charge in [0.15, 0.2) is 5.76 Å². The van der Waals surface area contributed by atoms with Gasteiger partial charge in [-0.05, 0) is 24.3 Å². The van der Waals surface area contributed by atoms with Gasteiger partial charge in [0.2, 0.25) is 10.0 Å². The van der Waals surface area contributed by atoms with Crippen LogP contribution in [0.15, 0.2) is 52.0 Å². The highest BCUT2D eigenvalue weighted by atomic mass is 32.2. The van der Waals surface area contributed by atoms with Crippen LogP contribution in [-0.2, 0) is 10.0 Å². The van der Waals surface area contributed by atoms with E-state index in [1.165, 1.54) is 23.7 Å². The molecule has 2 heterocycles. The van der Waals surface area contributed by atoms with E-state index in [2.05, 4.69) is 0 Å². The lowest BCUT2D eigenvalue weighted by molar-refractivity contribution is 0.0666. The van der Waals surface area contributed by atoms with Crippen molar-refractivity contribution in [1.82, 2.24) is 9.21 Å². The van der Waals surface area contributed by atoms with E-state index in [1.807, 2.05) is 0 Å². The molecule has 24 heavy (non-hydrogen) atoms. The topological polar surface area (TPSA) is 80.1 Å². The Kier molecular flexibility index (Phi) is 4.59. The molecule has 0 radical (unpaired) electrons. The van der Waals surface area contributed by atoms with Crippen molar-refractivity contribution < 1.29 is 22.4 Å². The molecule has 1 amide bonds. The Morgan fingerprint density at radius 1 is 1.08 bits per heavy atom. The minimum atomic E-state index is -3.66. The summed E-state index contributed by atoms with van der Waals surface area (Å²) in [6.07, 6.45) is 1.44. The van der Waals surface area contributed by atoms with Crippen molar-refractivity contribution in [1.29, 1.82) is 0 Å². The van der Waals surface area contributed by atoms with Crippen LogP contribution in [0.1, 0.15) is 10.6 Å². The Labute approximate surface area is 140 Å². The number of hydrogen-bond donors (Lipinski definition) is 0. The average Bonchev–Trinajstić information content (AvgIpc) is 3.15. The number of benzene rings is 1. The van der Waals surface area contributed by atoms with E-state index in [4.69, 9.17) is 9.15 Å². The number of furan rings is 1. The second kappa shape index (κ2) is 6.66. The number of hydrogen-bond acceptors (Lipinski definition) is 5. The number of nitrogens with zero attached hydrogens (tertiary/aromatic N) is 2. The fraction of sp³-hybridized carbons (Fsp3) is 0.312. The maximum Gasteiger partial charge on any atom is 0.289 e. The van der Waals surface area contributed by atoms with E-state index in [0.717, 1.165) is 0 Å². The lowest BCUT2D eigenvalue weighted by Crippen LogP contribution is -2.50. The predicted molar refractivity (Wildman–Crippen MR) is 86.4 cm³/mol. The zero-order valence-electron chi connectivity index (χ0n) is 13.2. The summed E-state index contributed by atoms with van der Waals surface area (Å²) in [5.74, 6) is 0.344. The Hall–Kier alpha value is -2.32. The molecule has 0 N–H and O–H groups in total. The standard InChI is InChI=1S/C16H18N2O5S/c1-22-13-5-2-3-7-15(13)24(20,21)18-10-8-17(9-11-18)16(19)14-6-4-12-23-14/h2-7,12H,8-11H2,1H3. The van der Waals surface area contributed by atoms with Crippen LogP contribution in [0, 0.1) is 0 Å². The van der Waals surface area contributed by atoms with E-state index in [-0.39, 0.29) is 29.7 Å². The third-order valence-corrected chi connectivity index (χ3v) is 5.88. The number of para-hydroxylation sites is 1. The van der Waals surface area contributed by atoms with Crippen LogP contribution in [0.4, 0.5) is 0 Å². The molecule has 1 saturated heterocycles. The molecule has 1 fully saturated rings. The van der Waals surface area contributed by atoms with E-state index in [9.17, 15) is 13.2 Å². The van der Waals surface area contributed by atoms with Gasteiger partial charge >= 0.3 is 0 Å². The molecule has 3 rings (SSSR count). The molecule has 1 aliphatic rings. The highest BCUT2D eigenvalue weighted by Gasteiger charge is 2.32. The first-order chi connectivity index (χ1) is 11.5. The van der Waals surface area contributed by atoms with Crippen molar-refractivity contribution >= 4 is 15.9 Å². The number of amides is 1. The summed E-state index contributed by atoms with van der Waals surface area (Å²) in [4.78, 5) is 14.0. The molecule has 7 nitrogen and oxygen atoms in total. The van der Waals surface area contributed by atoms with Crippen LogP contribution in [0.2, 0.25) is 0 Å². The minimum Gasteiger partial charge on any atom is -0.495 e. The predicted octanol–water partition coefficient (Wildman–Crippen LogP) is 1.43. The number of rotatable bonds is 4. The molecular formula is C16H18N2O5S. The normalized spacial score (nSPS) is 16.1. The first kappa shape index (κ1) is 16.5. The van der Waals surface area contributed by atoms with E-state index in [1.54, 1.807) is 35.2 Å². The monoisotopic (exact) mass is 350 g/mol. The molecule has 128 valence electrons. The molecule has 0 aliphatic carbocycles. The van der Waals surface area contributed by atoms with Gasteiger partial charge in [0.05, 0.1) is 13.4 Å². The van der Waals surface area contributed by atoms with Gasteiger partial charge in [0.1, 0.15) is 10.6 Å². The Morgan fingerprint density at radius 2 is 1.79 bits per heavy atom. The quantitative estimate of drug-likeness (QED) is 0.833. The van der Waals surface area contributed by atoms with Crippen LogP contribution in [0.25, 0.3) is 0 Å². The number of carbonyl (C=O) groups excluding carboxylic acids is 1. The largest absolute Gasteiger partial charge is 0.495 e. The molecule has 0 atom stereocenters. The van der Waals surface area contributed by atoms with Gasteiger partial charge in [-0.25, -0.2) is 8.42 Å². The Bertz CT molecular complexity index is 809. The fourth-order valence-electron chi connectivity index (χ4n) is 2.66. The van der Waals surface area contributed by atoms with Crippen molar-refractivity contribution in [2.45, 2.75) is 4.90 Å². The van der Waals surface area contributed by atoms with Crippen molar-refractivity contribution in [2.75, 3.05) is 33.3 Å². The summed E-state index contributed by atoms with van der Waals surface area (Å²) in [7, 11) is -2.22. The average molecular weight is 350 g/mol. The molecular weight excluding hydrogens is 332 g/mol. The van der Waals surface area contributed by atoms with Crippen molar-refractivity contribution in [3.8, 4) is 5.75 Å². The third-order valence-electron chi connectivity index (χ3n) is 3.94. The lowest BCUT2D eigenvalue weighted by atomic mass is 10.3. The van der Waals surface area contributed by atoms with Gasteiger partial charge in [-0.15, -0.1) is 0 Å². The first-order valence-corrected chi connectivity index (χ1v) is 8.94. The maximum atomic E-state index is 12.8. The molecule has 0 unspecified atom stereocenters. The van der Waals surface area contributed by atoms with Gasteiger partial charge in [-0.2, -0.15) is 4.31 Å². The zero-order chi connectivity index (χ0) is 17.2. The number of methoxy groups -OCH3 is 1. The van der Waals surface area contributed by atoms with Crippen LogP contribution in [0.3, 0.4) is 0 Å². The van der Waals surface area contributed by atoms with Gasteiger partial charge in [0, 0.05) is 26.2 Å². The van der Waals surface area contributed by atoms with Crippen molar-refractivity contribution in [3.63, 3.8) is 0 Å². The van der Waals surface area contributed by atoms with Gasteiger partial charge in [0.25, 0.3) is 5.91 Å². The first-order valence-electron chi connectivity index (χ1n) is 7.50. The highest BCUT2D eigenvalue weighted by molar-refractivity contribution is 7.89. The molecule has 8 heteroatoms. The SMILES string of the molecule is COc1ccccc1S(=O)(=O)N1CCN(C(=O)c2ccco2)CC1. The second-order valence-electron chi connectivity index (χ2n) is 5.32. The summed E-state index contributed by atoms with van der Waals surface area (Å²) in [5, 5.41) is 0. The maximum absolute atomic E-state index is 12.8. The molecule has 1 aromatic heterocycles. The van der Waals surface area contributed by atoms with Crippen LogP contribution in [0.5, 0.6) is 5.75 Å². The Balaban J connectivity index is 1.73. The number of ether oxygens (including phenoxy) is 1. The summed E-state index contributed by atoms with van der Waals surface area (Å²) in [5.41, 5.74) is 0. The number of carbonyl (C=O) groups is 1. The summed E-state index contributed by atoms with van der Waals surface area (Å²) < 4.78 is 37.2. The van der Waals surface area contributed by atoms with Crippen molar-refractivity contribution in [3.05, 3.63) is 48.4 Å². The number of piperazine rings is 1. The molecule has 1 aliphatic heterocycles. The molecule has 2 aromatic rings. The van der Waals surface area contributed by atoms with E-state index >= 15 is 0 Å². The molecule has 0 bridgehead atoms. The zero-order valence-corrected chi connectivity index (χ0v) is 14.0. The number of sulfonamides is 1. The van der Waals surface area contributed by atoms with Gasteiger partial charge in [-0.3, -0.25) is 4.79 Å². The molecule has 1 aromatic carbocycles. The van der Waals surface area contributed by atoms with Gasteiger partial charge < -0.3 is 14.1 Å². The lowest BCUT2D eigenvalue weighted by Gasteiger charge is -2.33. The summed E-state index contributed by atoms with van der Waals surface area (Å²) in [6, 6.07) is 9.76. The molecule has 0 spiro atoms. The fourth-order valence-corrected chi connectivity index (χ4v) is 4.24. The third kappa shape index (κ3) is 3.02. The minimum absolute atomic E-state index is 0.137. The molecule has 0 saturated carbocycles. The summed E-state index contributed by atoms with van der Waals surface area (Å²) in [6.45, 7) is 1.08. The summed E-state index contributed by atoms with van der Waals surface area (Å²) >= 11 is 0. The van der Waals surface area contributed by atoms with Gasteiger partial charge in [-0.1, -0.05) is 12.1 Å². The second-order valence-corrected chi connectivity index (χ2v) is 7.23. The van der Waals surface area contributed by atoms with Crippen LogP contribution < -0.4 is 4.74 Å². The van der Waals surface area contributed by atoms with Crippen molar-refractivity contribution in [2.24, 2.45) is 0 Å². The van der Waals surface area contributed by atoms with Crippen LogP contribution in [-0.4, -0.2) is 56.8 Å². The Morgan fingerprint density at radius 3 is 2.42 bits per heavy atom. The van der Waals surface area contributed by atoms with E-state index in [0.29, 0.717) is 18.8 Å².